The smallest absolute Gasteiger partial charge is 0.246 e. The summed E-state index contributed by atoms with van der Waals surface area (Å²) in [6.45, 7) is 1.26. The molecule has 3 rings (SSSR count). The van der Waals surface area contributed by atoms with Gasteiger partial charge in [-0.15, -0.1) is 0 Å². The Balaban J connectivity index is 1.55. The van der Waals surface area contributed by atoms with Crippen molar-refractivity contribution in [2.75, 3.05) is 26.2 Å². The predicted octanol–water partition coefficient (Wildman–Crippen LogP) is 2.51. The Morgan fingerprint density at radius 2 is 1.59 bits per heavy atom. The van der Waals surface area contributed by atoms with Crippen molar-refractivity contribution in [3.05, 3.63) is 77.6 Å². The highest BCUT2D eigenvalue weighted by atomic mass is 32.2. The molecular formula is C20H21FN2O3S. The number of halogens is 1. The Kier molecular flexibility index (Phi) is 6.03. The SMILES string of the molecule is O=C(/C=C/c1ccc(F)cc1)N1CCN(S(=O)(=O)Cc2ccccc2)CC1. The zero-order chi connectivity index (χ0) is 19.3. The average molecular weight is 388 g/mol. The van der Waals surface area contributed by atoms with Gasteiger partial charge in [-0.2, -0.15) is 4.31 Å². The third-order valence-corrected chi connectivity index (χ3v) is 6.27. The minimum absolute atomic E-state index is 0.0355. The highest BCUT2D eigenvalue weighted by Crippen LogP contribution is 2.14. The fourth-order valence-electron chi connectivity index (χ4n) is 2.91. The number of hydrogen-bond acceptors (Lipinski definition) is 3. The summed E-state index contributed by atoms with van der Waals surface area (Å²) in [6.07, 6.45) is 3.06. The van der Waals surface area contributed by atoms with Crippen molar-refractivity contribution in [1.82, 2.24) is 9.21 Å². The zero-order valence-corrected chi connectivity index (χ0v) is 15.6. The first-order chi connectivity index (χ1) is 12.9. The second kappa shape index (κ2) is 8.45. The standard InChI is InChI=1S/C20H21FN2O3S/c21-19-9-6-17(7-10-19)8-11-20(24)22-12-14-23(15-13-22)27(25,26)16-18-4-2-1-3-5-18/h1-11H,12-16H2/b11-8+. The van der Waals surface area contributed by atoms with Crippen molar-refractivity contribution >= 4 is 22.0 Å². The molecular weight excluding hydrogens is 367 g/mol. The molecule has 5 nitrogen and oxygen atoms in total. The lowest BCUT2D eigenvalue weighted by Gasteiger charge is -2.33. The van der Waals surface area contributed by atoms with E-state index in [9.17, 15) is 17.6 Å². The first-order valence-corrected chi connectivity index (χ1v) is 10.3. The second-order valence-corrected chi connectivity index (χ2v) is 8.32. The fraction of sp³-hybridized carbons (Fsp3) is 0.250. The summed E-state index contributed by atoms with van der Waals surface area (Å²) in [7, 11) is -3.40. The van der Waals surface area contributed by atoms with Crippen molar-refractivity contribution in [2.24, 2.45) is 0 Å². The van der Waals surface area contributed by atoms with Crippen LogP contribution in [0.5, 0.6) is 0 Å². The van der Waals surface area contributed by atoms with Crippen molar-refractivity contribution in [1.29, 1.82) is 0 Å². The van der Waals surface area contributed by atoms with Gasteiger partial charge in [-0.25, -0.2) is 12.8 Å². The third-order valence-electron chi connectivity index (χ3n) is 4.42. The first kappa shape index (κ1) is 19.3. The Hall–Kier alpha value is -2.51. The number of amides is 1. The Bertz CT molecular complexity index is 904. The van der Waals surface area contributed by atoms with E-state index in [1.807, 2.05) is 18.2 Å². The fourth-order valence-corrected chi connectivity index (χ4v) is 4.43. The molecule has 0 atom stereocenters. The topological polar surface area (TPSA) is 57.7 Å². The molecule has 142 valence electrons. The summed E-state index contributed by atoms with van der Waals surface area (Å²) >= 11 is 0. The lowest BCUT2D eigenvalue weighted by atomic mass is 10.2. The molecule has 1 heterocycles. The lowest BCUT2D eigenvalue weighted by molar-refractivity contribution is -0.127. The maximum atomic E-state index is 12.9. The third kappa shape index (κ3) is 5.24. The largest absolute Gasteiger partial charge is 0.337 e. The van der Waals surface area contributed by atoms with Crippen LogP contribution in [0.25, 0.3) is 6.08 Å². The van der Waals surface area contributed by atoms with E-state index in [1.54, 1.807) is 35.2 Å². The van der Waals surface area contributed by atoms with Gasteiger partial charge in [-0.1, -0.05) is 42.5 Å². The number of hydrogen-bond donors (Lipinski definition) is 0. The average Bonchev–Trinajstić information content (AvgIpc) is 2.68. The van der Waals surface area contributed by atoms with Crippen LogP contribution < -0.4 is 0 Å². The first-order valence-electron chi connectivity index (χ1n) is 8.68. The van der Waals surface area contributed by atoms with Crippen LogP contribution >= 0.6 is 0 Å². The molecule has 0 aromatic heterocycles. The Morgan fingerprint density at radius 3 is 2.22 bits per heavy atom. The molecule has 1 saturated heterocycles. The lowest BCUT2D eigenvalue weighted by Crippen LogP contribution is -2.50. The number of sulfonamides is 1. The van der Waals surface area contributed by atoms with Gasteiger partial charge in [0.2, 0.25) is 15.9 Å². The van der Waals surface area contributed by atoms with Gasteiger partial charge in [0.25, 0.3) is 0 Å². The molecule has 0 aliphatic carbocycles. The normalized spacial score (nSPS) is 16.0. The molecule has 0 unspecified atom stereocenters. The number of benzene rings is 2. The van der Waals surface area contributed by atoms with Crippen molar-refractivity contribution in [2.45, 2.75) is 5.75 Å². The number of carbonyl (C=O) groups excluding carboxylic acids is 1. The van der Waals surface area contributed by atoms with E-state index in [1.165, 1.54) is 22.5 Å². The van der Waals surface area contributed by atoms with Crippen molar-refractivity contribution < 1.29 is 17.6 Å². The summed E-state index contributed by atoms with van der Waals surface area (Å²) < 4.78 is 39.4. The summed E-state index contributed by atoms with van der Waals surface area (Å²) in [5.74, 6) is -0.544. The van der Waals surface area contributed by atoms with Gasteiger partial charge < -0.3 is 4.90 Å². The summed E-state index contributed by atoms with van der Waals surface area (Å²) in [5, 5.41) is 0. The van der Waals surface area contributed by atoms with Crippen LogP contribution in [-0.2, 0) is 20.6 Å². The summed E-state index contributed by atoms with van der Waals surface area (Å²) in [6, 6.07) is 14.9. The molecule has 27 heavy (non-hydrogen) atoms. The molecule has 1 aliphatic heterocycles. The van der Waals surface area contributed by atoms with Crippen LogP contribution in [0.15, 0.2) is 60.7 Å². The van der Waals surface area contributed by atoms with E-state index in [2.05, 4.69) is 0 Å². The summed E-state index contributed by atoms with van der Waals surface area (Å²) in [4.78, 5) is 13.9. The van der Waals surface area contributed by atoms with E-state index in [0.29, 0.717) is 13.1 Å². The van der Waals surface area contributed by atoms with Crippen LogP contribution in [0.4, 0.5) is 4.39 Å². The van der Waals surface area contributed by atoms with Crippen LogP contribution in [0.3, 0.4) is 0 Å². The zero-order valence-electron chi connectivity index (χ0n) is 14.8. The molecule has 0 bridgehead atoms. The van der Waals surface area contributed by atoms with E-state index in [-0.39, 0.29) is 30.6 Å². The van der Waals surface area contributed by atoms with Crippen LogP contribution in [-0.4, -0.2) is 49.7 Å². The van der Waals surface area contributed by atoms with Gasteiger partial charge in [0.1, 0.15) is 5.82 Å². The van der Waals surface area contributed by atoms with Gasteiger partial charge in [0, 0.05) is 32.3 Å². The summed E-state index contributed by atoms with van der Waals surface area (Å²) in [5.41, 5.74) is 1.48. The Labute approximate surface area is 158 Å². The van der Waals surface area contributed by atoms with Crippen LogP contribution in [0.2, 0.25) is 0 Å². The van der Waals surface area contributed by atoms with Gasteiger partial charge >= 0.3 is 0 Å². The molecule has 1 fully saturated rings. The minimum Gasteiger partial charge on any atom is -0.337 e. The Morgan fingerprint density at radius 1 is 0.963 bits per heavy atom. The maximum Gasteiger partial charge on any atom is 0.246 e. The van der Waals surface area contributed by atoms with E-state index in [4.69, 9.17) is 0 Å². The molecule has 0 spiro atoms. The monoisotopic (exact) mass is 388 g/mol. The van der Waals surface area contributed by atoms with Gasteiger partial charge in [-0.05, 0) is 29.3 Å². The van der Waals surface area contributed by atoms with Crippen LogP contribution in [0.1, 0.15) is 11.1 Å². The molecule has 2 aromatic carbocycles. The molecule has 1 aliphatic rings. The number of piperazine rings is 1. The number of rotatable bonds is 5. The van der Waals surface area contributed by atoms with Crippen molar-refractivity contribution in [3.8, 4) is 0 Å². The van der Waals surface area contributed by atoms with E-state index >= 15 is 0 Å². The molecule has 0 radical (unpaired) electrons. The second-order valence-electron chi connectivity index (χ2n) is 6.35. The van der Waals surface area contributed by atoms with Crippen molar-refractivity contribution in [3.63, 3.8) is 0 Å². The van der Waals surface area contributed by atoms with E-state index < -0.39 is 10.0 Å². The van der Waals surface area contributed by atoms with Gasteiger partial charge in [-0.3, -0.25) is 4.79 Å². The highest BCUT2D eigenvalue weighted by molar-refractivity contribution is 7.88. The number of nitrogens with zero attached hydrogens (tertiary/aromatic N) is 2. The van der Waals surface area contributed by atoms with Gasteiger partial charge in [0.05, 0.1) is 5.75 Å². The highest BCUT2D eigenvalue weighted by Gasteiger charge is 2.28. The minimum atomic E-state index is -3.40. The van der Waals surface area contributed by atoms with Crippen LogP contribution in [0, 0.1) is 5.82 Å². The maximum absolute atomic E-state index is 12.9. The van der Waals surface area contributed by atoms with E-state index in [0.717, 1.165) is 11.1 Å². The molecule has 0 N–H and O–H groups in total. The molecule has 1 amide bonds. The predicted molar refractivity (Wildman–Crippen MR) is 103 cm³/mol. The quantitative estimate of drug-likeness (QED) is 0.740. The molecule has 0 saturated carbocycles. The number of carbonyl (C=O) groups is 1. The molecule has 2 aromatic rings. The van der Waals surface area contributed by atoms with Gasteiger partial charge in [0.15, 0.2) is 0 Å². The molecule has 7 heteroatoms.